The van der Waals surface area contributed by atoms with Crippen molar-refractivity contribution in [2.45, 2.75) is 50.7 Å². The fourth-order valence-electron chi connectivity index (χ4n) is 4.21. The van der Waals surface area contributed by atoms with Gasteiger partial charge in [0.05, 0.1) is 16.6 Å². The molecule has 0 saturated heterocycles. The summed E-state index contributed by atoms with van der Waals surface area (Å²) < 4.78 is 97.9. The summed E-state index contributed by atoms with van der Waals surface area (Å²) in [6.07, 6.45) is -9.98. The van der Waals surface area contributed by atoms with E-state index in [1.807, 2.05) is 0 Å². The summed E-state index contributed by atoms with van der Waals surface area (Å²) in [5.41, 5.74) is 2.64. The van der Waals surface area contributed by atoms with Crippen molar-refractivity contribution in [2.24, 2.45) is 5.73 Å². The number of aryl methyl sites for hydroxylation is 1. The molecule has 2 N–H and O–H groups in total. The Bertz CT molecular complexity index is 1340. The molecule has 192 valence electrons. The molecule has 4 rings (SSSR count). The van der Waals surface area contributed by atoms with E-state index in [0.29, 0.717) is 22.5 Å². The molecule has 6 nitrogen and oxygen atoms in total. The molecule has 1 fully saturated rings. The van der Waals surface area contributed by atoms with Gasteiger partial charge in [-0.05, 0) is 55.7 Å². The lowest BCUT2D eigenvalue weighted by atomic mass is 10.0. The van der Waals surface area contributed by atoms with E-state index >= 15 is 0 Å². The van der Waals surface area contributed by atoms with Crippen molar-refractivity contribution in [3.05, 3.63) is 64.7 Å². The Balaban J connectivity index is 1.86. The van der Waals surface area contributed by atoms with Crippen LogP contribution in [-0.2, 0) is 12.7 Å². The summed E-state index contributed by atoms with van der Waals surface area (Å²) in [5.74, 6) is -3.65. The predicted molar refractivity (Wildman–Crippen MR) is 113 cm³/mol. The average molecular weight is 516 g/mol. The van der Waals surface area contributed by atoms with Crippen LogP contribution >= 0.6 is 0 Å². The van der Waals surface area contributed by atoms with Crippen molar-refractivity contribution >= 4 is 22.8 Å². The Morgan fingerprint density at radius 3 is 2.31 bits per heavy atom. The van der Waals surface area contributed by atoms with E-state index in [0.717, 1.165) is 0 Å². The van der Waals surface area contributed by atoms with Crippen LogP contribution in [0.1, 0.15) is 57.9 Å². The van der Waals surface area contributed by atoms with Crippen molar-refractivity contribution in [1.29, 1.82) is 0 Å². The number of amides is 2. The summed E-state index contributed by atoms with van der Waals surface area (Å²) in [6, 6.07) is 1.32. The number of carbonyl (C=O) groups excluding carboxylic acids is 2. The molecule has 1 atom stereocenters. The van der Waals surface area contributed by atoms with Crippen LogP contribution in [0.25, 0.3) is 11.0 Å². The Hall–Kier alpha value is -3.64. The molecule has 2 amide bonds. The van der Waals surface area contributed by atoms with Crippen molar-refractivity contribution < 1.29 is 40.3 Å². The van der Waals surface area contributed by atoms with E-state index < -0.39 is 53.2 Å². The second-order valence-corrected chi connectivity index (χ2v) is 8.36. The third-order valence-corrected chi connectivity index (χ3v) is 5.92. The molecule has 1 unspecified atom stereocenters. The van der Waals surface area contributed by atoms with E-state index in [2.05, 4.69) is 4.98 Å². The third kappa shape index (κ3) is 4.61. The van der Waals surface area contributed by atoms with E-state index in [4.69, 9.17) is 5.73 Å². The first-order valence-electron chi connectivity index (χ1n) is 10.8. The molecule has 1 aliphatic carbocycles. The molecule has 0 bridgehead atoms. The number of carbonyl (C=O) groups is 2. The van der Waals surface area contributed by atoms with Crippen LogP contribution in [0.3, 0.4) is 0 Å². The summed E-state index contributed by atoms with van der Waals surface area (Å²) in [4.78, 5) is 29.6. The van der Waals surface area contributed by atoms with Gasteiger partial charge in [0, 0.05) is 12.6 Å². The minimum absolute atomic E-state index is 0.0895. The first kappa shape index (κ1) is 25.5. The maximum atomic E-state index is 14.3. The lowest BCUT2D eigenvalue weighted by Gasteiger charge is -2.34. The largest absolute Gasteiger partial charge is 0.419 e. The number of primary amides is 1. The van der Waals surface area contributed by atoms with Crippen LogP contribution in [0.2, 0.25) is 0 Å². The monoisotopic (exact) mass is 516 g/mol. The minimum Gasteiger partial charge on any atom is -0.364 e. The van der Waals surface area contributed by atoms with E-state index in [9.17, 15) is 40.3 Å². The molecular weight excluding hydrogens is 497 g/mol. The van der Waals surface area contributed by atoms with Crippen LogP contribution in [0.5, 0.6) is 0 Å². The van der Waals surface area contributed by atoms with Gasteiger partial charge in [0.25, 0.3) is 11.8 Å². The molecule has 3 aromatic rings. The number of alkyl halides is 6. The number of nitrogens with zero attached hydrogens (tertiary/aromatic N) is 3. The lowest BCUT2D eigenvalue weighted by Crippen LogP contribution is -2.44. The molecule has 13 heteroatoms. The second-order valence-electron chi connectivity index (χ2n) is 8.36. The van der Waals surface area contributed by atoms with Crippen molar-refractivity contribution in [1.82, 2.24) is 14.5 Å². The summed E-state index contributed by atoms with van der Waals surface area (Å²) in [6.45, 7) is 1.78. The molecule has 0 radical (unpaired) electrons. The summed E-state index contributed by atoms with van der Waals surface area (Å²) >= 11 is 0. The van der Waals surface area contributed by atoms with Gasteiger partial charge in [0.2, 0.25) is 0 Å². The van der Waals surface area contributed by atoms with E-state index in [1.165, 1.54) is 22.8 Å². The lowest BCUT2D eigenvalue weighted by molar-refractivity contribution is -0.181. The van der Waals surface area contributed by atoms with Crippen LogP contribution < -0.4 is 5.73 Å². The number of fused-ring (bicyclic) bond motifs is 1. The quantitative estimate of drug-likeness (QED) is 0.456. The van der Waals surface area contributed by atoms with Crippen molar-refractivity contribution in [2.75, 3.05) is 0 Å². The highest BCUT2D eigenvalue weighted by molar-refractivity contribution is 6.00. The van der Waals surface area contributed by atoms with Gasteiger partial charge < -0.3 is 15.2 Å². The number of pyridine rings is 1. The molecule has 1 aromatic carbocycles. The molecule has 0 aliphatic heterocycles. The highest BCUT2D eigenvalue weighted by atomic mass is 19.4. The van der Waals surface area contributed by atoms with Gasteiger partial charge in [-0.1, -0.05) is 6.07 Å². The maximum absolute atomic E-state index is 14.3. The number of hydrogen-bond donors (Lipinski definition) is 1. The first-order valence-corrected chi connectivity index (χ1v) is 10.8. The Labute approximate surface area is 199 Å². The third-order valence-electron chi connectivity index (χ3n) is 5.92. The fraction of sp³-hybridized carbons (Fsp3) is 0.348. The SMILES string of the molecule is CCn1c(C(=O)N(C2CC2)C(c2ccc(F)c(C(F)(F)F)c2)C(F)(F)F)cc2nc(C(N)=O)ccc21. The topological polar surface area (TPSA) is 81.2 Å². The number of hydrogen-bond acceptors (Lipinski definition) is 3. The van der Waals surface area contributed by atoms with Crippen LogP contribution in [-0.4, -0.2) is 38.5 Å². The standard InChI is InChI=1S/C23H19F7N4O2/c1-2-33-17-8-7-15(20(31)35)32-16(17)10-18(33)21(36)34(12-4-5-12)19(23(28,29)30)11-3-6-14(24)13(9-11)22(25,26)27/h3,6-10,12,19H,2,4-5H2,1H3,(H2,31,35). The summed E-state index contributed by atoms with van der Waals surface area (Å²) in [7, 11) is 0. The Morgan fingerprint density at radius 2 is 1.78 bits per heavy atom. The van der Waals surface area contributed by atoms with Gasteiger partial charge in [-0.25, -0.2) is 9.37 Å². The first-order chi connectivity index (χ1) is 16.7. The molecular formula is C23H19F7N4O2. The van der Waals surface area contributed by atoms with Crippen molar-refractivity contribution in [3.8, 4) is 0 Å². The number of nitrogens with two attached hydrogens (primary N) is 1. The van der Waals surface area contributed by atoms with Gasteiger partial charge in [-0.15, -0.1) is 0 Å². The van der Waals surface area contributed by atoms with Gasteiger partial charge in [0.1, 0.15) is 17.2 Å². The number of benzene rings is 1. The Morgan fingerprint density at radius 1 is 1.11 bits per heavy atom. The average Bonchev–Trinajstić information content (AvgIpc) is 3.54. The predicted octanol–water partition coefficient (Wildman–Crippen LogP) is 5.22. The molecule has 2 aromatic heterocycles. The molecule has 2 heterocycles. The number of halogens is 7. The summed E-state index contributed by atoms with van der Waals surface area (Å²) in [5, 5.41) is 0. The second kappa shape index (κ2) is 8.79. The number of rotatable bonds is 6. The van der Waals surface area contributed by atoms with Crippen molar-refractivity contribution in [3.63, 3.8) is 0 Å². The highest BCUT2D eigenvalue weighted by Crippen LogP contribution is 2.46. The zero-order valence-electron chi connectivity index (χ0n) is 18.6. The molecule has 36 heavy (non-hydrogen) atoms. The smallest absolute Gasteiger partial charge is 0.364 e. The molecule has 0 spiro atoms. The zero-order valence-corrected chi connectivity index (χ0v) is 18.6. The Kier molecular flexibility index (Phi) is 6.21. The molecule has 1 aliphatic rings. The van der Waals surface area contributed by atoms with Crippen LogP contribution in [0.4, 0.5) is 30.7 Å². The van der Waals surface area contributed by atoms with Crippen LogP contribution in [0.15, 0.2) is 36.4 Å². The number of aromatic nitrogens is 2. The van der Waals surface area contributed by atoms with Crippen LogP contribution in [0, 0.1) is 5.82 Å². The zero-order chi connectivity index (χ0) is 26.6. The van der Waals surface area contributed by atoms with E-state index in [1.54, 1.807) is 6.92 Å². The van der Waals surface area contributed by atoms with Gasteiger partial charge in [0.15, 0.2) is 6.04 Å². The minimum atomic E-state index is -5.23. The van der Waals surface area contributed by atoms with Gasteiger partial charge in [-0.2, -0.15) is 26.3 Å². The fourth-order valence-corrected chi connectivity index (χ4v) is 4.21. The van der Waals surface area contributed by atoms with E-state index in [-0.39, 0.29) is 42.4 Å². The molecule has 1 saturated carbocycles. The highest BCUT2D eigenvalue weighted by Gasteiger charge is 2.52. The maximum Gasteiger partial charge on any atom is 0.419 e. The normalized spacial score (nSPS) is 15.2. The van der Waals surface area contributed by atoms with Gasteiger partial charge >= 0.3 is 12.4 Å². The van der Waals surface area contributed by atoms with Gasteiger partial charge in [-0.3, -0.25) is 9.59 Å².